The summed E-state index contributed by atoms with van der Waals surface area (Å²) in [6, 6.07) is 0.146. The van der Waals surface area contributed by atoms with Crippen LogP contribution in [0.5, 0.6) is 0 Å². The van der Waals surface area contributed by atoms with Crippen LogP contribution in [0.15, 0.2) is 0 Å². The Kier molecular flexibility index (Phi) is 2.71. The first-order valence-electron chi connectivity index (χ1n) is 3.62. The van der Waals surface area contributed by atoms with Crippen LogP contribution in [-0.4, -0.2) is 18.9 Å². The van der Waals surface area contributed by atoms with E-state index < -0.39 is 0 Å². The Labute approximate surface area is 55.6 Å². The first-order chi connectivity index (χ1) is 4.43. The molecule has 0 aromatic heterocycles. The molecule has 0 aromatic rings. The van der Waals surface area contributed by atoms with Gasteiger partial charge in [-0.3, -0.25) is 0 Å². The second-order valence-electron chi connectivity index (χ2n) is 2.55. The summed E-state index contributed by atoms with van der Waals surface area (Å²) >= 11 is 0. The number of aldehydes is 1. The SMILES string of the molecule is O=CC1CCCCCN1. The van der Waals surface area contributed by atoms with Crippen molar-refractivity contribution in [2.45, 2.75) is 31.7 Å². The second-order valence-corrected chi connectivity index (χ2v) is 2.55. The van der Waals surface area contributed by atoms with Gasteiger partial charge < -0.3 is 10.1 Å². The van der Waals surface area contributed by atoms with Crippen LogP contribution in [0.4, 0.5) is 0 Å². The smallest absolute Gasteiger partial charge is 0.136 e. The topological polar surface area (TPSA) is 29.1 Å². The number of hydrogen-bond acceptors (Lipinski definition) is 2. The molecule has 0 radical (unpaired) electrons. The molecule has 0 amide bonds. The molecule has 1 heterocycles. The summed E-state index contributed by atoms with van der Waals surface area (Å²) in [7, 11) is 0. The van der Waals surface area contributed by atoms with Crippen LogP contribution < -0.4 is 5.32 Å². The highest BCUT2D eigenvalue weighted by molar-refractivity contribution is 5.57. The number of carbonyl (C=O) groups excluding carboxylic acids is 1. The van der Waals surface area contributed by atoms with E-state index in [-0.39, 0.29) is 6.04 Å². The normalized spacial score (nSPS) is 29.1. The highest BCUT2D eigenvalue weighted by Gasteiger charge is 2.08. The third kappa shape index (κ3) is 2.14. The van der Waals surface area contributed by atoms with E-state index in [2.05, 4.69) is 5.32 Å². The summed E-state index contributed by atoms with van der Waals surface area (Å²) in [5, 5.41) is 3.16. The average Bonchev–Trinajstić information content (AvgIpc) is 2.13. The van der Waals surface area contributed by atoms with Crippen molar-refractivity contribution in [3.63, 3.8) is 0 Å². The third-order valence-corrected chi connectivity index (χ3v) is 1.76. The molecule has 1 atom stereocenters. The molecule has 1 fully saturated rings. The Balaban J connectivity index is 2.26. The van der Waals surface area contributed by atoms with Gasteiger partial charge in [0.2, 0.25) is 0 Å². The van der Waals surface area contributed by atoms with Crippen molar-refractivity contribution in [3.05, 3.63) is 0 Å². The fourth-order valence-corrected chi connectivity index (χ4v) is 1.17. The summed E-state index contributed by atoms with van der Waals surface area (Å²) in [5.74, 6) is 0. The maximum atomic E-state index is 10.3. The predicted molar refractivity (Wildman–Crippen MR) is 36.3 cm³/mol. The Hall–Kier alpha value is -0.370. The molecule has 9 heavy (non-hydrogen) atoms. The minimum atomic E-state index is 0.146. The minimum absolute atomic E-state index is 0.146. The van der Waals surface area contributed by atoms with Gasteiger partial charge in [-0.1, -0.05) is 12.8 Å². The summed E-state index contributed by atoms with van der Waals surface area (Å²) < 4.78 is 0. The van der Waals surface area contributed by atoms with Gasteiger partial charge in [-0.2, -0.15) is 0 Å². The lowest BCUT2D eigenvalue weighted by Gasteiger charge is -2.04. The molecular weight excluding hydrogens is 114 g/mol. The quantitative estimate of drug-likeness (QED) is 0.526. The molecule has 1 rings (SSSR count). The molecule has 0 aromatic carbocycles. The highest BCUT2D eigenvalue weighted by atomic mass is 16.1. The molecule has 2 nitrogen and oxygen atoms in total. The van der Waals surface area contributed by atoms with Gasteiger partial charge in [0.15, 0.2) is 0 Å². The van der Waals surface area contributed by atoms with Crippen molar-refractivity contribution in [2.24, 2.45) is 0 Å². The molecule has 1 unspecified atom stereocenters. The number of rotatable bonds is 1. The van der Waals surface area contributed by atoms with Crippen molar-refractivity contribution in [1.29, 1.82) is 0 Å². The van der Waals surface area contributed by atoms with E-state index in [0.717, 1.165) is 19.3 Å². The van der Waals surface area contributed by atoms with Crippen molar-refractivity contribution in [3.8, 4) is 0 Å². The molecule has 0 spiro atoms. The second kappa shape index (κ2) is 3.62. The lowest BCUT2D eigenvalue weighted by molar-refractivity contribution is -0.109. The van der Waals surface area contributed by atoms with Gasteiger partial charge in [0.1, 0.15) is 6.29 Å². The van der Waals surface area contributed by atoms with Gasteiger partial charge in [0.05, 0.1) is 6.04 Å². The maximum Gasteiger partial charge on any atom is 0.136 e. The Morgan fingerprint density at radius 1 is 1.33 bits per heavy atom. The molecule has 2 heteroatoms. The van der Waals surface area contributed by atoms with Crippen molar-refractivity contribution in [1.82, 2.24) is 5.32 Å². The summed E-state index contributed by atoms with van der Waals surface area (Å²) in [4.78, 5) is 10.3. The van der Waals surface area contributed by atoms with Crippen LogP contribution in [-0.2, 0) is 4.79 Å². The third-order valence-electron chi connectivity index (χ3n) is 1.76. The van der Waals surface area contributed by atoms with Crippen LogP contribution in [0.3, 0.4) is 0 Å². The zero-order chi connectivity index (χ0) is 6.53. The maximum absolute atomic E-state index is 10.3. The molecule has 1 aliphatic heterocycles. The Bertz CT molecular complexity index is 84.9. The van der Waals surface area contributed by atoms with E-state index in [1.807, 2.05) is 0 Å². The van der Waals surface area contributed by atoms with Crippen molar-refractivity contribution < 1.29 is 4.79 Å². The Morgan fingerprint density at radius 3 is 3.00 bits per heavy atom. The van der Waals surface area contributed by atoms with Crippen LogP contribution in [0.25, 0.3) is 0 Å². The molecular formula is C7H13NO. The minimum Gasteiger partial charge on any atom is -0.308 e. The predicted octanol–water partition coefficient (Wildman–Crippen LogP) is 0.718. The highest BCUT2D eigenvalue weighted by Crippen LogP contribution is 2.05. The fourth-order valence-electron chi connectivity index (χ4n) is 1.17. The van der Waals surface area contributed by atoms with E-state index in [9.17, 15) is 4.79 Å². The molecule has 1 saturated heterocycles. The van der Waals surface area contributed by atoms with Gasteiger partial charge in [-0.25, -0.2) is 0 Å². The zero-order valence-corrected chi connectivity index (χ0v) is 5.60. The summed E-state index contributed by atoms with van der Waals surface area (Å²) in [5.41, 5.74) is 0. The standard InChI is InChI=1S/C7H13NO/c9-6-7-4-2-1-3-5-8-7/h6-8H,1-5H2. The van der Waals surface area contributed by atoms with Crippen LogP contribution in [0.2, 0.25) is 0 Å². The molecule has 0 aliphatic carbocycles. The van der Waals surface area contributed by atoms with Crippen molar-refractivity contribution in [2.75, 3.05) is 6.54 Å². The van der Waals surface area contributed by atoms with E-state index >= 15 is 0 Å². The summed E-state index contributed by atoms with van der Waals surface area (Å²) in [6.07, 6.45) is 5.76. The molecule has 0 bridgehead atoms. The monoisotopic (exact) mass is 127 g/mol. The van der Waals surface area contributed by atoms with Gasteiger partial charge in [-0.15, -0.1) is 0 Å². The fraction of sp³-hybridized carbons (Fsp3) is 0.857. The van der Waals surface area contributed by atoms with Crippen LogP contribution in [0, 0.1) is 0 Å². The van der Waals surface area contributed by atoms with Crippen molar-refractivity contribution >= 4 is 6.29 Å². The zero-order valence-electron chi connectivity index (χ0n) is 5.60. The molecule has 1 aliphatic rings. The molecule has 0 saturated carbocycles. The average molecular weight is 127 g/mol. The van der Waals surface area contributed by atoms with E-state index in [0.29, 0.717) is 0 Å². The van der Waals surface area contributed by atoms with E-state index in [1.165, 1.54) is 19.3 Å². The van der Waals surface area contributed by atoms with E-state index in [1.54, 1.807) is 0 Å². The number of carbonyl (C=O) groups is 1. The molecule has 1 N–H and O–H groups in total. The number of nitrogens with one attached hydrogen (secondary N) is 1. The molecule has 52 valence electrons. The number of hydrogen-bond donors (Lipinski definition) is 1. The lowest BCUT2D eigenvalue weighted by atomic mass is 10.1. The van der Waals surface area contributed by atoms with Gasteiger partial charge in [0.25, 0.3) is 0 Å². The van der Waals surface area contributed by atoms with E-state index in [4.69, 9.17) is 0 Å². The summed E-state index contributed by atoms with van der Waals surface area (Å²) in [6.45, 7) is 1.02. The van der Waals surface area contributed by atoms with Gasteiger partial charge >= 0.3 is 0 Å². The largest absolute Gasteiger partial charge is 0.308 e. The van der Waals surface area contributed by atoms with Crippen LogP contribution in [0.1, 0.15) is 25.7 Å². The van der Waals surface area contributed by atoms with Gasteiger partial charge in [0, 0.05) is 0 Å². The first-order valence-corrected chi connectivity index (χ1v) is 3.62. The van der Waals surface area contributed by atoms with Gasteiger partial charge in [-0.05, 0) is 19.4 Å². The lowest BCUT2D eigenvalue weighted by Crippen LogP contribution is -2.29. The first kappa shape index (κ1) is 6.75. The Morgan fingerprint density at radius 2 is 2.22 bits per heavy atom. The van der Waals surface area contributed by atoms with Crippen LogP contribution >= 0.6 is 0 Å².